The Morgan fingerprint density at radius 1 is 1.33 bits per heavy atom. The second-order valence-electron chi connectivity index (χ2n) is 4.79. The van der Waals surface area contributed by atoms with E-state index in [0.717, 1.165) is 25.2 Å². The van der Waals surface area contributed by atoms with Crippen molar-refractivity contribution in [2.24, 2.45) is 0 Å². The summed E-state index contributed by atoms with van der Waals surface area (Å²) in [5.41, 5.74) is 1.48. The van der Waals surface area contributed by atoms with Crippen LogP contribution in [0, 0.1) is 5.82 Å². The number of benzene rings is 1. The smallest absolute Gasteiger partial charge is 0.128 e. The lowest BCUT2D eigenvalue weighted by molar-refractivity contribution is 0.108. The van der Waals surface area contributed by atoms with E-state index in [0.29, 0.717) is 18.7 Å². The molecule has 0 atom stereocenters. The van der Waals surface area contributed by atoms with Gasteiger partial charge in [-0.3, -0.25) is 0 Å². The molecule has 0 bridgehead atoms. The van der Waals surface area contributed by atoms with E-state index in [-0.39, 0.29) is 12.4 Å². The Labute approximate surface area is 124 Å². The third-order valence-corrected chi connectivity index (χ3v) is 3.00. The first-order valence-electron chi connectivity index (χ1n) is 7.20. The highest BCUT2D eigenvalue weighted by Gasteiger charge is 2.02. The number of nitrogens with one attached hydrogen (secondary N) is 1. The molecule has 0 aliphatic rings. The van der Waals surface area contributed by atoms with Crippen LogP contribution in [0.15, 0.2) is 30.5 Å². The maximum absolute atomic E-state index is 13.4. The van der Waals surface area contributed by atoms with Gasteiger partial charge in [-0.25, -0.2) is 9.07 Å². The van der Waals surface area contributed by atoms with Gasteiger partial charge in [0.15, 0.2) is 0 Å². The molecule has 0 amide bonds. The maximum Gasteiger partial charge on any atom is 0.128 e. The second-order valence-corrected chi connectivity index (χ2v) is 4.79. The fourth-order valence-corrected chi connectivity index (χ4v) is 1.88. The van der Waals surface area contributed by atoms with E-state index in [4.69, 9.17) is 4.74 Å². The van der Waals surface area contributed by atoms with E-state index in [1.807, 2.05) is 6.20 Å². The maximum atomic E-state index is 13.4. The summed E-state index contributed by atoms with van der Waals surface area (Å²) in [6, 6.07) is 6.63. The molecule has 0 aliphatic carbocycles. The molecular weight excluding hydrogens is 271 g/mol. The number of hydrogen-bond acceptors (Lipinski definition) is 4. The van der Waals surface area contributed by atoms with Crippen LogP contribution in [0.5, 0.6) is 0 Å². The molecule has 114 valence electrons. The molecule has 1 aromatic carbocycles. The largest absolute Gasteiger partial charge is 0.375 e. The molecule has 0 fully saturated rings. The molecule has 21 heavy (non-hydrogen) atoms. The summed E-state index contributed by atoms with van der Waals surface area (Å²) in [5.74, 6) is -0.234. The van der Waals surface area contributed by atoms with Crippen LogP contribution in [0.3, 0.4) is 0 Å². The Hall–Kier alpha value is -1.79. The normalized spacial score (nSPS) is 11.0. The highest BCUT2D eigenvalue weighted by molar-refractivity contribution is 5.16. The van der Waals surface area contributed by atoms with Crippen molar-refractivity contribution >= 4 is 0 Å². The van der Waals surface area contributed by atoms with E-state index < -0.39 is 0 Å². The Kier molecular flexibility index (Phi) is 6.30. The zero-order valence-corrected chi connectivity index (χ0v) is 12.3. The number of rotatable bonds is 9. The summed E-state index contributed by atoms with van der Waals surface area (Å²) < 4.78 is 20.6. The van der Waals surface area contributed by atoms with Crippen molar-refractivity contribution in [3.8, 4) is 0 Å². The van der Waals surface area contributed by atoms with Crippen LogP contribution in [0.2, 0.25) is 0 Å². The molecule has 2 aromatic rings. The van der Waals surface area contributed by atoms with Crippen LogP contribution in [0.4, 0.5) is 4.39 Å². The Morgan fingerprint density at radius 3 is 3.00 bits per heavy atom. The molecule has 0 aliphatic heterocycles. The van der Waals surface area contributed by atoms with E-state index >= 15 is 0 Å². The van der Waals surface area contributed by atoms with Crippen molar-refractivity contribution in [3.05, 3.63) is 47.5 Å². The van der Waals surface area contributed by atoms with Gasteiger partial charge < -0.3 is 10.1 Å². The van der Waals surface area contributed by atoms with Gasteiger partial charge in [-0.15, -0.1) is 5.10 Å². The van der Waals surface area contributed by atoms with Crippen molar-refractivity contribution < 1.29 is 9.13 Å². The van der Waals surface area contributed by atoms with E-state index in [2.05, 4.69) is 22.6 Å². The summed E-state index contributed by atoms with van der Waals surface area (Å²) in [6.07, 6.45) is 2.99. The lowest BCUT2D eigenvalue weighted by atomic mass is 10.2. The molecule has 0 unspecified atom stereocenters. The number of hydrogen-bond donors (Lipinski definition) is 1. The van der Waals surface area contributed by atoms with Gasteiger partial charge >= 0.3 is 0 Å². The topological polar surface area (TPSA) is 52.0 Å². The van der Waals surface area contributed by atoms with Gasteiger partial charge in [0.25, 0.3) is 0 Å². The summed E-state index contributed by atoms with van der Waals surface area (Å²) in [7, 11) is 0. The van der Waals surface area contributed by atoms with E-state index in [9.17, 15) is 4.39 Å². The highest BCUT2D eigenvalue weighted by atomic mass is 19.1. The van der Waals surface area contributed by atoms with E-state index in [1.165, 1.54) is 6.07 Å². The highest BCUT2D eigenvalue weighted by Crippen LogP contribution is 2.07. The van der Waals surface area contributed by atoms with Crippen LogP contribution in [0.25, 0.3) is 0 Å². The van der Waals surface area contributed by atoms with Gasteiger partial charge in [-0.1, -0.05) is 30.3 Å². The van der Waals surface area contributed by atoms with Crippen LogP contribution in [0.1, 0.15) is 24.6 Å². The summed E-state index contributed by atoms with van der Waals surface area (Å²) in [5, 5.41) is 11.4. The minimum absolute atomic E-state index is 0.234. The number of ether oxygens (including phenoxy) is 1. The zero-order valence-electron chi connectivity index (χ0n) is 12.3. The fraction of sp³-hybridized carbons (Fsp3) is 0.467. The van der Waals surface area contributed by atoms with Gasteiger partial charge in [0.2, 0.25) is 0 Å². The predicted octanol–water partition coefficient (Wildman–Crippen LogP) is 2.13. The molecule has 1 heterocycles. The minimum Gasteiger partial charge on any atom is -0.375 e. The molecule has 1 aromatic heterocycles. The first-order chi connectivity index (χ1) is 10.3. The molecule has 6 heteroatoms. The molecule has 0 radical (unpaired) electrons. The third-order valence-electron chi connectivity index (χ3n) is 3.00. The number of aromatic nitrogens is 3. The van der Waals surface area contributed by atoms with Crippen LogP contribution >= 0.6 is 0 Å². The average Bonchev–Trinajstić information content (AvgIpc) is 2.93. The standard InChI is InChI=1S/C15H21FN4O/c1-2-7-17-10-14-11-20(19-18-14)8-9-21-12-13-5-3-4-6-15(13)16/h3-6,11,17H,2,7-10,12H2,1H3. The van der Waals surface area contributed by atoms with Gasteiger partial charge in [-0.05, 0) is 19.0 Å². The quantitative estimate of drug-likeness (QED) is 0.719. The summed E-state index contributed by atoms with van der Waals surface area (Å²) >= 11 is 0. The molecular formula is C15H21FN4O. The van der Waals surface area contributed by atoms with E-state index in [1.54, 1.807) is 22.9 Å². The molecule has 0 spiro atoms. The van der Waals surface area contributed by atoms with Gasteiger partial charge in [-0.2, -0.15) is 0 Å². The van der Waals surface area contributed by atoms with Crippen molar-refractivity contribution in [1.82, 2.24) is 20.3 Å². The Morgan fingerprint density at radius 2 is 2.19 bits per heavy atom. The van der Waals surface area contributed by atoms with Crippen molar-refractivity contribution in [2.45, 2.75) is 33.0 Å². The number of halogens is 1. The summed E-state index contributed by atoms with van der Waals surface area (Å²) in [6.45, 7) is 5.17. The molecule has 2 rings (SSSR count). The predicted molar refractivity (Wildman–Crippen MR) is 78.1 cm³/mol. The van der Waals surface area contributed by atoms with Crippen molar-refractivity contribution in [3.63, 3.8) is 0 Å². The Bertz CT molecular complexity index is 544. The monoisotopic (exact) mass is 292 g/mol. The minimum atomic E-state index is -0.234. The second kappa shape index (κ2) is 8.49. The zero-order chi connectivity index (χ0) is 14.9. The first-order valence-corrected chi connectivity index (χ1v) is 7.20. The molecule has 0 saturated carbocycles. The fourth-order valence-electron chi connectivity index (χ4n) is 1.88. The SMILES string of the molecule is CCCNCc1cn(CCOCc2ccccc2F)nn1. The van der Waals surface area contributed by atoms with Gasteiger partial charge in [0.05, 0.1) is 25.5 Å². The average molecular weight is 292 g/mol. The van der Waals surface area contributed by atoms with Crippen LogP contribution in [-0.4, -0.2) is 28.1 Å². The van der Waals surface area contributed by atoms with Gasteiger partial charge in [0.1, 0.15) is 5.82 Å². The third kappa shape index (κ3) is 5.24. The summed E-state index contributed by atoms with van der Waals surface area (Å²) in [4.78, 5) is 0. The first kappa shape index (κ1) is 15.6. The molecule has 5 nitrogen and oxygen atoms in total. The van der Waals surface area contributed by atoms with Gasteiger partial charge in [0, 0.05) is 18.3 Å². The molecule has 1 N–H and O–H groups in total. The Balaban J connectivity index is 1.68. The van der Waals surface area contributed by atoms with Crippen molar-refractivity contribution in [2.75, 3.05) is 13.2 Å². The molecule has 0 saturated heterocycles. The lowest BCUT2D eigenvalue weighted by Crippen LogP contribution is -2.14. The van der Waals surface area contributed by atoms with Crippen molar-refractivity contribution in [1.29, 1.82) is 0 Å². The lowest BCUT2D eigenvalue weighted by Gasteiger charge is -2.05. The number of nitrogens with zero attached hydrogens (tertiary/aromatic N) is 3. The van der Waals surface area contributed by atoms with Crippen LogP contribution < -0.4 is 5.32 Å². The van der Waals surface area contributed by atoms with Crippen LogP contribution in [-0.2, 0) is 24.4 Å².